The molecule has 0 heterocycles. The normalized spacial score (nSPS) is 39.9. The van der Waals surface area contributed by atoms with E-state index in [9.17, 15) is 0 Å². The maximum atomic E-state index is 2.49. The molecule has 1 fully saturated rings. The minimum Gasteiger partial charge on any atom is -0.0648 e. The van der Waals surface area contributed by atoms with Gasteiger partial charge in [0, 0.05) is 0 Å². The van der Waals surface area contributed by atoms with E-state index in [0.717, 1.165) is 17.8 Å². The van der Waals surface area contributed by atoms with Crippen LogP contribution in [0.15, 0.2) is 0 Å². The van der Waals surface area contributed by atoms with Crippen LogP contribution in [-0.2, 0) is 0 Å². The van der Waals surface area contributed by atoms with E-state index >= 15 is 0 Å². The van der Waals surface area contributed by atoms with Crippen LogP contribution in [0.5, 0.6) is 0 Å². The lowest BCUT2D eigenvalue weighted by Crippen LogP contribution is -2.33. The molecule has 3 atom stereocenters. The zero-order valence-electron chi connectivity index (χ0n) is 10.8. The SMILES string of the molecule is CCC1(C(C)C)CCC(C)CCC1C. The van der Waals surface area contributed by atoms with Gasteiger partial charge in [0.05, 0.1) is 0 Å². The van der Waals surface area contributed by atoms with Crippen molar-refractivity contribution in [3.05, 3.63) is 0 Å². The van der Waals surface area contributed by atoms with Gasteiger partial charge < -0.3 is 0 Å². The number of hydrogen-bond donors (Lipinski definition) is 0. The van der Waals surface area contributed by atoms with Crippen molar-refractivity contribution in [1.29, 1.82) is 0 Å². The molecule has 0 N–H and O–H groups in total. The van der Waals surface area contributed by atoms with Gasteiger partial charge in [0.15, 0.2) is 0 Å². The predicted molar refractivity (Wildman–Crippen MR) is 64.4 cm³/mol. The molecule has 0 aromatic rings. The second-order valence-electron chi connectivity index (χ2n) is 5.86. The minimum absolute atomic E-state index is 0.644. The second-order valence-corrected chi connectivity index (χ2v) is 5.86. The van der Waals surface area contributed by atoms with Crippen molar-refractivity contribution >= 4 is 0 Å². The third-order valence-corrected chi connectivity index (χ3v) is 4.98. The molecule has 1 aliphatic carbocycles. The Bertz CT molecular complexity index is 171. The van der Waals surface area contributed by atoms with E-state index in [1.165, 1.54) is 32.1 Å². The predicted octanol–water partition coefficient (Wildman–Crippen LogP) is 4.89. The average Bonchev–Trinajstić information content (AvgIpc) is 2.28. The third kappa shape index (κ3) is 2.15. The van der Waals surface area contributed by atoms with Gasteiger partial charge in [0.1, 0.15) is 0 Å². The van der Waals surface area contributed by atoms with Crippen LogP contribution >= 0.6 is 0 Å². The average molecular weight is 196 g/mol. The van der Waals surface area contributed by atoms with E-state index in [-0.39, 0.29) is 0 Å². The van der Waals surface area contributed by atoms with Crippen LogP contribution in [-0.4, -0.2) is 0 Å². The van der Waals surface area contributed by atoms with Gasteiger partial charge in [-0.25, -0.2) is 0 Å². The first-order valence-electron chi connectivity index (χ1n) is 6.53. The molecule has 1 aliphatic rings. The monoisotopic (exact) mass is 196 g/mol. The summed E-state index contributed by atoms with van der Waals surface area (Å²) in [6.07, 6.45) is 7.20. The van der Waals surface area contributed by atoms with Crippen LogP contribution in [0.25, 0.3) is 0 Å². The first kappa shape index (κ1) is 12.1. The Labute approximate surface area is 90.5 Å². The Kier molecular flexibility index (Phi) is 4.04. The summed E-state index contributed by atoms with van der Waals surface area (Å²) in [5, 5.41) is 0. The van der Waals surface area contributed by atoms with Crippen molar-refractivity contribution in [2.45, 2.75) is 66.7 Å². The first-order valence-corrected chi connectivity index (χ1v) is 6.53. The largest absolute Gasteiger partial charge is 0.0648 e. The summed E-state index contributed by atoms with van der Waals surface area (Å²) in [4.78, 5) is 0. The summed E-state index contributed by atoms with van der Waals surface area (Å²) >= 11 is 0. The Morgan fingerprint density at radius 3 is 2.29 bits per heavy atom. The molecular weight excluding hydrogens is 168 g/mol. The molecule has 3 unspecified atom stereocenters. The van der Waals surface area contributed by atoms with E-state index in [1.54, 1.807) is 0 Å². The fourth-order valence-electron chi connectivity index (χ4n) is 3.52. The van der Waals surface area contributed by atoms with Gasteiger partial charge in [-0.05, 0) is 42.4 Å². The molecule has 0 saturated heterocycles. The lowest BCUT2D eigenvalue weighted by molar-refractivity contribution is 0.0835. The standard InChI is InChI=1S/C14H28/c1-6-14(11(2)3)10-9-12(4)7-8-13(14)5/h11-13H,6-10H2,1-5H3. The molecule has 0 bridgehead atoms. The summed E-state index contributed by atoms with van der Waals surface area (Å²) in [6.45, 7) is 12.2. The molecule has 0 aromatic carbocycles. The third-order valence-electron chi connectivity index (χ3n) is 4.98. The quantitative estimate of drug-likeness (QED) is 0.552. The molecule has 0 nitrogen and oxygen atoms in total. The van der Waals surface area contributed by atoms with Crippen LogP contribution in [0, 0.1) is 23.2 Å². The molecule has 0 amide bonds. The lowest BCUT2D eigenvalue weighted by Gasteiger charge is -2.41. The molecule has 84 valence electrons. The fourth-order valence-corrected chi connectivity index (χ4v) is 3.52. The van der Waals surface area contributed by atoms with E-state index in [2.05, 4.69) is 34.6 Å². The summed E-state index contributed by atoms with van der Waals surface area (Å²) in [7, 11) is 0. The van der Waals surface area contributed by atoms with Gasteiger partial charge in [-0.2, -0.15) is 0 Å². The summed E-state index contributed by atoms with van der Waals surface area (Å²) in [5.74, 6) is 2.75. The first-order chi connectivity index (χ1) is 6.53. The van der Waals surface area contributed by atoms with Crippen molar-refractivity contribution in [2.75, 3.05) is 0 Å². The maximum absolute atomic E-state index is 2.49. The highest BCUT2D eigenvalue weighted by Crippen LogP contribution is 2.48. The Balaban J connectivity index is 2.81. The van der Waals surface area contributed by atoms with Crippen LogP contribution in [0.1, 0.15) is 66.7 Å². The van der Waals surface area contributed by atoms with Crippen molar-refractivity contribution in [1.82, 2.24) is 0 Å². The molecular formula is C14H28. The highest BCUT2D eigenvalue weighted by atomic mass is 14.4. The molecule has 0 radical (unpaired) electrons. The van der Waals surface area contributed by atoms with Gasteiger partial charge >= 0.3 is 0 Å². The molecule has 1 saturated carbocycles. The van der Waals surface area contributed by atoms with E-state index in [4.69, 9.17) is 0 Å². The lowest BCUT2D eigenvalue weighted by atomic mass is 9.64. The summed E-state index contributed by atoms with van der Waals surface area (Å²) < 4.78 is 0. The van der Waals surface area contributed by atoms with Gasteiger partial charge in [-0.3, -0.25) is 0 Å². The zero-order valence-corrected chi connectivity index (χ0v) is 10.8. The fraction of sp³-hybridized carbons (Fsp3) is 1.00. The topological polar surface area (TPSA) is 0 Å². The maximum Gasteiger partial charge on any atom is -0.0251 e. The molecule has 14 heavy (non-hydrogen) atoms. The van der Waals surface area contributed by atoms with Crippen LogP contribution in [0.4, 0.5) is 0 Å². The van der Waals surface area contributed by atoms with E-state index < -0.39 is 0 Å². The Morgan fingerprint density at radius 1 is 1.14 bits per heavy atom. The van der Waals surface area contributed by atoms with Gasteiger partial charge in [-0.15, -0.1) is 0 Å². The van der Waals surface area contributed by atoms with Gasteiger partial charge in [0.25, 0.3) is 0 Å². The molecule has 0 heteroatoms. The Hall–Kier alpha value is 0. The number of rotatable bonds is 2. The van der Waals surface area contributed by atoms with E-state index in [0.29, 0.717) is 5.41 Å². The van der Waals surface area contributed by atoms with Gasteiger partial charge in [-0.1, -0.05) is 47.5 Å². The van der Waals surface area contributed by atoms with Crippen LogP contribution in [0.2, 0.25) is 0 Å². The van der Waals surface area contributed by atoms with Crippen molar-refractivity contribution in [3.8, 4) is 0 Å². The smallest absolute Gasteiger partial charge is 0.0251 e. The molecule has 1 rings (SSSR count). The summed E-state index contributed by atoms with van der Waals surface area (Å²) in [5.41, 5.74) is 0.644. The highest BCUT2D eigenvalue weighted by Gasteiger charge is 2.38. The number of hydrogen-bond acceptors (Lipinski definition) is 0. The second kappa shape index (κ2) is 4.68. The van der Waals surface area contributed by atoms with Gasteiger partial charge in [0.2, 0.25) is 0 Å². The molecule has 0 spiro atoms. The van der Waals surface area contributed by atoms with Crippen LogP contribution < -0.4 is 0 Å². The van der Waals surface area contributed by atoms with Crippen molar-refractivity contribution in [3.63, 3.8) is 0 Å². The minimum atomic E-state index is 0.644. The van der Waals surface area contributed by atoms with E-state index in [1.807, 2.05) is 0 Å². The zero-order chi connectivity index (χ0) is 10.8. The Morgan fingerprint density at radius 2 is 1.79 bits per heavy atom. The molecule has 0 aliphatic heterocycles. The van der Waals surface area contributed by atoms with Crippen LogP contribution in [0.3, 0.4) is 0 Å². The van der Waals surface area contributed by atoms with Crippen molar-refractivity contribution in [2.24, 2.45) is 23.2 Å². The molecule has 0 aromatic heterocycles. The summed E-state index contributed by atoms with van der Waals surface area (Å²) in [6, 6.07) is 0. The highest BCUT2D eigenvalue weighted by molar-refractivity contribution is 4.88. The van der Waals surface area contributed by atoms with Crippen molar-refractivity contribution < 1.29 is 0 Å².